The topological polar surface area (TPSA) is 59.4 Å². The Labute approximate surface area is 106 Å². The van der Waals surface area contributed by atoms with E-state index in [0.29, 0.717) is 5.56 Å². The first-order valence-electron chi connectivity index (χ1n) is 5.35. The Bertz CT molecular complexity index is 647. The van der Waals surface area contributed by atoms with E-state index < -0.39 is 10.0 Å². The van der Waals surface area contributed by atoms with Crippen molar-refractivity contribution in [2.45, 2.75) is 11.8 Å². The van der Waals surface area contributed by atoms with Crippen molar-refractivity contribution in [1.82, 2.24) is 4.98 Å². The van der Waals surface area contributed by atoms with Crippen LogP contribution < -0.4 is 0 Å². The summed E-state index contributed by atoms with van der Waals surface area (Å²) in [6.45, 7) is 1.90. The Morgan fingerprint density at radius 3 is 2.50 bits per heavy atom. The van der Waals surface area contributed by atoms with Gasteiger partial charge in [0.1, 0.15) is 0 Å². The third kappa shape index (κ3) is 3.01. The molecule has 2 rings (SSSR count). The van der Waals surface area contributed by atoms with E-state index in [0.717, 1.165) is 5.56 Å². The molecular weight excluding hydrogens is 248 g/mol. The molecule has 0 fully saturated rings. The van der Waals surface area contributed by atoms with Crippen LogP contribution in [0.5, 0.6) is 0 Å². The molecular formula is C13H12N2O2S. The van der Waals surface area contributed by atoms with E-state index in [1.54, 1.807) is 48.8 Å². The van der Waals surface area contributed by atoms with Crippen molar-refractivity contribution in [2.75, 3.05) is 0 Å². The van der Waals surface area contributed by atoms with Gasteiger partial charge in [-0.05, 0) is 25.1 Å². The molecule has 0 saturated heterocycles. The highest BCUT2D eigenvalue weighted by molar-refractivity contribution is 7.90. The van der Waals surface area contributed by atoms with E-state index in [-0.39, 0.29) is 4.90 Å². The summed E-state index contributed by atoms with van der Waals surface area (Å²) in [5.41, 5.74) is 1.65. The molecule has 0 aliphatic heterocycles. The zero-order valence-electron chi connectivity index (χ0n) is 9.82. The van der Waals surface area contributed by atoms with E-state index in [2.05, 4.69) is 9.38 Å². The maximum atomic E-state index is 11.9. The van der Waals surface area contributed by atoms with Crippen molar-refractivity contribution in [3.8, 4) is 0 Å². The highest BCUT2D eigenvalue weighted by Gasteiger charge is 2.10. The number of sulfonamides is 1. The molecule has 0 unspecified atom stereocenters. The van der Waals surface area contributed by atoms with Crippen molar-refractivity contribution in [1.29, 1.82) is 0 Å². The summed E-state index contributed by atoms with van der Waals surface area (Å²) < 4.78 is 27.4. The average Bonchev–Trinajstić information content (AvgIpc) is 2.38. The normalized spacial score (nSPS) is 11.8. The fourth-order valence-electron chi connectivity index (χ4n) is 1.35. The van der Waals surface area contributed by atoms with Gasteiger partial charge in [0.15, 0.2) is 0 Å². The second-order valence-electron chi connectivity index (χ2n) is 3.81. The van der Waals surface area contributed by atoms with Gasteiger partial charge in [0.05, 0.1) is 4.90 Å². The van der Waals surface area contributed by atoms with E-state index in [9.17, 15) is 8.42 Å². The monoisotopic (exact) mass is 260 g/mol. The largest absolute Gasteiger partial charge is 0.282 e. The molecule has 1 aromatic carbocycles. The van der Waals surface area contributed by atoms with Gasteiger partial charge in [-0.1, -0.05) is 23.8 Å². The van der Waals surface area contributed by atoms with E-state index in [1.165, 1.54) is 6.21 Å². The SMILES string of the molecule is Cc1ccc(S(=O)(=O)/N=C\c2cccnc2)cc1. The summed E-state index contributed by atoms with van der Waals surface area (Å²) in [6.07, 6.45) is 4.46. The summed E-state index contributed by atoms with van der Waals surface area (Å²) in [6, 6.07) is 10.0. The number of pyridine rings is 1. The van der Waals surface area contributed by atoms with E-state index in [4.69, 9.17) is 0 Å². The summed E-state index contributed by atoms with van der Waals surface area (Å²) >= 11 is 0. The van der Waals surface area contributed by atoms with Gasteiger partial charge >= 0.3 is 0 Å². The molecule has 0 amide bonds. The molecule has 92 valence electrons. The molecule has 18 heavy (non-hydrogen) atoms. The van der Waals surface area contributed by atoms with Crippen LogP contribution >= 0.6 is 0 Å². The second kappa shape index (κ2) is 5.10. The molecule has 0 N–H and O–H groups in total. The lowest BCUT2D eigenvalue weighted by Crippen LogP contribution is -1.97. The van der Waals surface area contributed by atoms with Crippen LogP contribution in [0, 0.1) is 6.92 Å². The minimum absolute atomic E-state index is 0.188. The third-order valence-corrected chi connectivity index (χ3v) is 3.59. The quantitative estimate of drug-likeness (QED) is 0.795. The Hall–Kier alpha value is -2.01. The molecule has 2 aromatic rings. The summed E-state index contributed by atoms with van der Waals surface area (Å²) in [5, 5.41) is 0. The predicted octanol–water partition coefficient (Wildman–Crippen LogP) is 2.20. The van der Waals surface area contributed by atoms with Gasteiger partial charge in [-0.15, -0.1) is 0 Å². The first kappa shape index (κ1) is 12.4. The van der Waals surface area contributed by atoms with Crippen molar-refractivity contribution in [3.63, 3.8) is 0 Å². The first-order valence-corrected chi connectivity index (χ1v) is 6.79. The maximum Gasteiger partial charge on any atom is 0.282 e. The first-order chi connectivity index (χ1) is 8.58. The predicted molar refractivity (Wildman–Crippen MR) is 70.2 cm³/mol. The Morgan fingerprint density at radius 1 is 1.17 bits per heavy atom. The molecule has 0 aliphatic carbocycles. The minimum Gasteiger partial charge on any atom is -0.264 e. The zero-order valence-corrected chi connectivity index (χ0v) is 10.6. The molecule has 0 bridgehead atoms. The zero-order chi connectivity index (χ0) is 13.0. The van der Waals surface area contributed by atoms with Crippen LogP contribution in [0.2, 0.25) is 0 Å². The summed E-state index contributed by atoms with van der Waals surface area (Å²) in [4.78, 5) is 4.07. The highest BCUT2D eigenvalue weighted by Crippen LogP contribution is 2.12. The van der Waals surface area contributed by atoms with Gasteiger partial charge in [0, 0.05) is 24.2 Å². The van der Waals surface area contributed by atoms with Crippen LogP contribution in [0.3, 0.4) is 0 Å². The van der Waals surface area contributed by atoms with Gasteiger partial charge < -0.3 is 0 Å². The number of rotatable bonds is 3. The van der Waals surface area contributed by atoms with Gasteiger partial charge in [-0.3, -0.25) is 4.98 Å². The maximum absolute atomic E-state index is 11.9. The van der Waals surface area contributed by atoms with Gasteiger partial charge in [0.2, 0.25) is 0 Å². The number of nitrogens with zero attached hydrogens (tertiary/aromatic N) is 2. The lowest BCUT2D eigenvalue weighted by molar-refractivity contribution is 0.598. The van der Waals surface area contributed by atoms with Crippen molar-refractivity contribution < 1.29 is 8.42 Å². The fraction of sp³-hybridized carbons (Fsp3) is 0.0769. The van der Waals surface area contributed by atoms with E-state index in [1.807, 2.05) is 6.92 Å². The standard InChI is InChI=1S/C13H12N2O2S/c1-11-4-6-13(7-5-11)18(16,17)15-10-12-3-2-8-14-9-12/h2-10H,1H3/b15-10-. The molecule has 4 nitrogen and oxygen atoms in total. The number of hydrogen-bond acceptors (Lipinski definition) is 3. The number of aryl methyl sites for hydroxylation is 1. The molecule has 0 atom stereocenters. The summed E-state index contributed by atoms with van der Waals surface area (Å²) in [5.74, 6) is 0. The van der Waals surface area contributed by atoms with Crippen molar-refractivity contribution in [3.05, 3.63) is 59.9 Å². The molecule has 5 heteroatoms. The van der Waals surface area contributed by atoms with Gasteiger partial charge in [-0.25, -0.2) is 0 Å². The Balaban J connectivity index is 2.28. The molecule has 1 aromatic heterocycles. The summed E-state index contributed by atoms with van der Waals surface area (Å²) in [7, 11) is -3.63. The smallest absolute Gasteiger partial charge is 0.264 e. The number of aromatic nitrogens is 1. The Kier molecular flexibility index (Phi) is 3.53. The lowest BCUT2D eigenvalue weighted by Gasteiger charge is -1.99. The molecule has 0 spiro atoms. The molecule has 0 aliphatic rings. The second-order valence-corrected chi connectivity index (χ2v) is 5.44. The molecule has 0 radical (unpaired) electrons. The van der Waals surface area contributed by atoms with Crippen LogP contribution in [0.15, 0.2) is 58.1 Å². The average molecular weight is 260 g/mol. The minimum atomic E-state index is -3.63. The van der Waals surface area contributed by atoms with Crippen LogP contribution in [0.1, 0.15) is 11.1 Å². The number of hydrogen-bond donors (Lipinski definition) is 0. The molecule has 0 saturated carbocycles. The van der Waals surface area contributed by atoms with Crippen LogP contribution in [0.25, 0.3) is 0 Å². The van der Waals surface area contributed by atoms with Gasteiger partial charge in [-0.2, -0.15) is 12.8 Å². The van der Waals surface area contributed by atoms with Crippen LogP contribution in [-0.2, 0) is 10.0 Å². The van der Waals surface area contributed by atoms with Crippen LogP contribution in [-0.4, -0.2) is 19.6 Å². The third-order valence-electron chi connectivity index (χ3n) is 2.34. The van der Waals surface area contributed by atoms with E-state index >= 15 is 0 Å². The number of benzene rings is 1. The fourth-order valence-corrected chi connectivity index (χ4v) is 2.22. The Morgan fingerprint density at radius 2 is 1.89 bits per heavy atom. The molecule has 1 heterocycles. The van der Waals surface area contributed by atoms with Crippen LogP contribution in [0.4, 0.5) is 0 Å². The lowest BCUT2D eigenvalue weighted by atomic mass is 10.2. The van der Waals surface area contributed by atoms with Crippen molar-refractivity contribution >= 4 is 16.2 Å². The highest BCUT2D eigenvalue weighted by atomic mass is 32.2. The van der Waals surface area contributed by atoms with Gasteiger partial charge in [0.25, 0.3) is 10.0 Å². The van der Waals surface area contributed by atoms with Crippen molar-refractivity contribution in [2.24, 2.45) is 4.40 Å².